The van der Waals surface area contributed by atoms with Gasteiger partial charge in [0.1, 0.15) is 0 Å². The molecule has 0 N–H and O–H groups in total. The number of aliphatic imine (C=N–C) groups is 1. The van der Waals surface area contributed by atoms with Crippen LogP contribution in [-0.4, -0.2) is 23.6 Å². The zero-order valence-corrected chi connectivity index (χ0v) is 13.7. The monoisotopic (exact) mass is 372 g/mol. The number of esters is 1. The van der Waals surface area contributed by atoms with Crippen molar-refractivity contribution in [3.8, 4) is 11.5 Å². The average molecular weight is 373 g/mol. The van der Waals surface area contributed by atoms with Crippen molar-refractivity contribution >= 4 is 35.2 Å². The maximum Gasteiger partial charge on any atom is 0.363 e. The zero-order chi connectivity index (χ0) is 18.3. The number of benzene rings is 2. The van der Waals surface area contributed by atoms with Gasteiger partial charge in [-0.25, -0.2) is 9.79 Å². The number of halogens is 1. The maximum absolute atomic E-state index is 12.1. The molecule has 2 aliphatic rings. The largest absolute Gasteiger partial charge is 0.454 e. The molecule has 2 aromatic rings. The molecule has 0 aliphatic carbocycles. The van der Waals surface area contributed by atoms with E-state index in [1.54, 1.807) is 18.2 Å². The number of nitro benzene ring substituents is 1. The molecule has 9 heteroatoms. The summed E-state index contributed by atoms with van der Waals surface area (Å²) in [6.45, 7) is 0.100. The van der Waals surface area contributed by atoms with Crippen LogP contribution < -0.4 is 9.47 Å². The highest BCUT2D eigenvalue weighted by Crippen LogP contribution is 2.38. The summed E-state index contributed by atoms with van der Waals surface area (Å²) in [6, 6.07) is 8.88. The SMILES string of the molecule is O=C1OC(c2cccc([N+](=O)[O-])c2)=N/C1=C\c1cc2c(cc1Cl)OCO2. The quantitative estimate of drug-likeness (QED) is 0.354. The van der Waals surface area contributed by atoms with Crippen molar-refractivity contribution in [2.24, 2.45) is 4.99 Å². The first-order valence-electron chi connectivity index (χ1n) is 7.38. The van der Waals surface area contributed by atoms with Crippen molar-refractivity contribution in [1.82, 2.24) is 0 Å². The van der Waals surface area contributed by atoms with E-state index in [1.165, 1.54) is 24.3 Å². The number of fused-ring (bicyclic) bond motifs is 1. The van der Waals surface area contributed by atoms with Gasteiger partial charge in [-0.2, -0.15) is 0 Å². The Bertz CT molecular complexity index is 1010. The summed E-state index contributed by atoms with van der Waals surface area (Å²) in [4.78, 5) is 26.6. The minimum Gasteiger partial charge on any atom is -0.454 e. The molecule has 0 atom stereocenters. The van der Waals surface area contributed by atoms with Crippen LogP contribution in [0, 0.1) is 10.1 Å². The number of nitro groups is 1. The Morgan fingerprint density at radius 2 is 1.96 bits per heavy atom. The predicted octanol–water partition coefficient (Wildman–Crippen LogP) is 3.32. The van der Waals surface area contributed by atoms with E-state index < -0.39 is 10.9 Å². The van der Waals surface area contributed by atoms with Gasteiger partial charge in [-0.05, 0) is 23.8 Å². The first-order valence-corrected chi connectivity index (χ1v) is 7.75. The third-order valence-electron chi connectivity index (χ3n) is 3.71. The Morgan fingerprint density at radius 1 is 1.19 bits per heavy atom. The lowest BCUT2D eigenvalue weighted by Gasteiger charge is -2.01. The third-order valence-corrected chi connectivity index (χ3v) is 4.04. The van der Waals surface area contributed by atoms with Gasteiger partial charge in [0.05, 0.1) is 9.95 Å². The second-order valence-corrected chi connectivity index (χ2v) is 5.78. The number of carbonyl (C=O) groups excluding carboxylic acids is 1. The molecule has 4 rings (SSSR count). The lowest BCUT2D eigenvalue weighted by Crippen LogP contribution is -2.05. The molecule has 0 bridgehead atoms. The molecule has 0 saturated heterocycles. The van der Waals surface area contributed by atoms with E-state index in [0.717, 1.165) is 0 Å². The van der Waals surface area contributed by atoms with E-state index in [2.05, 4.69) is 4.99 Å². The van der Waals surface area contributed by atoms with Crippen LogP contribution in [0.2, 0.25) is 5.02 Å². The van der Waals surface area contributed by atoms with Crippen molar-refractivity contribution in [2.75, 3.05) is 6.79 Å². The van der Waals surface area contributed by atoms with Gasteiger partial charge in [-0.1, -0.05) is 17.7 Å². The average Bonchev–Trinajstić information content (AvgIpc) is 3.22. The lowest BCUT2D eigenvalue weighted by molar-refractivity contribution is -0.384. The van der Waals surface area contributed by atoms with Gasteiger partial charge >= 0.3 is 5.97 Å². The second kappa shape index (κ2) is 6.16. The molecule has 8 nitrogen and oxygen atoms in total. The number of ether oxygens (including phenoxy) is 3. The third kappa shape index (κ3) is 2.86. The normalized spacial score (nSPS) is 16.6. The Balaban J connectivity index is 1.70. The number of non-ortho nitro benzene ring substituents is 1. The number of carbonyl (C=O) groups is 1. The van der Waals surface area contributed by atoms with Gasteiger partial charge < -0.3 is 14.2 Å². The van der Waals surface area contributed by atoms with E-state index in [1.807, 2.05) is 0 Å². The number of rotatable bonds is 3. The molecule has 0 amide bonds. The van der Waals surface area contributed by atoms with Gasteiger partial charge in [0.25, 0.3) is 5.69 Å². The predicted molar refractivity (Wildman–Crippen MR) is 91.3 cm³/mol. The molecular formula is C17H9ClN2O6. The number of hydrogen-bond donors (Lipinski definition) is 0. The highest BCUT2D eigenvalue weighted by Gasteiger charge is 2.26. The van der Waals surface area contributed by atoms with Crippen LogP contribution in [0.3, 0.4) is 0 Å². The van der Waals surface area contributed by atoms with Crippen LogP contribution in [0.4, 0.5) is 5.69 Å². The number of cyclic esters (lactones) is 1. The van der Waals surface area contributed by atoms with Crippen LogP contribution in [0.5, 0.6) is 11.5 Å². The standard InChI is InChI=1S/C17H9ClN2O6/c18-12-7-15-14(24-8-25-15)6-10(12)5-13-17(21)26-16(19-13)9-2-1-3-11(4-9)20(22)23/h1-7H,8H2/b13-5-. The fraction of sp³-hybridized carbons (Fsp3) is 0.0588. The first-order chi connectivity index (χ1) is 12.5. The minimum absolute atomic E-state index is 0.0122. The van der Waals surface area contributed by atoms with Crippen molar-refractivity contribution in [1.29, 1.82) is 0 Å². The molecule has 0 spiro atoms. The molecule has 2 aromatic carbocycles. The van der Waals surface area contributed by atoms with E-state index in [-0.39, 0.29) is 24.1 Å². The first kappa shape index (κ1) is 16.1. The Hall–Kier alpha value is -3.39. The Morgan fingerprint density at radius 3 is 2.73 bits per heavy atom. The van der Waals surface area contributed by atoms with Crippen LogP contribution in [0.1, 0.15) is 11.1 Å². The van der Waals surface area contributed by atoms with Crippen LogP contribution >= 0.6 is 11.6 Å². The Kier molecular flexibility index (Phi) is 3.81. The minimum atomic E-state index is -0.680. The molecule has 0 radical (unpaired) electrons. The number of nitrogens with zero attached hydrogens (tertiary/aromatic N) is 2. The summed E-state index contributed by atoms with van der Waals surface area (Å²) in [5.41, 5.74) is 0.726. The van der Waals surface area contributed by atoms with Crippen LogP contribution in [0.15, 0.2) is 47.1 Å². The summed E-state index contributed by atoms with van der Waals surface area (Å²) in [5.74, 6) is 0.337. The van der Waals surface area contributed by atoms with E-state index in [9.17, 15) is 14.9 Å². The molecule has 0 fully saturated rings. The molecule has 26 heavy (non-hydrogen) atoms. The molecule has 0 aromatic heterocycles. The van der Waals surface area contributed by atoms with E-state index in [4.69, 9.17) is 25.8 Å². The van der Waals surface area contributed by atoms with Crippen molar-refractivity contribution in [3.05, 3.63) is 68.4 Å². The molecular weight excluding hydrogens is 364 g/mol. The summed E-state index contributed by atoms with van der Waals surface area (Å²) in [7, 11) is 0. The van der Waals surface area contributed by atoms with Crippen LogP contribution in [0.25, 0.3) is 6.08 Å². The maximum atomic E-state index is 12.1. The highest BCUT2D eigenvalue weighted by atomic mass is 35.5. The highest BCUT2D eigenvalue weighted by molar-refractivity contribution is 6.32. The Labute approximate surface area is 151 Å². The molecule has 130 valence electrons. The fourth-order valence-corrected chi connectivity index (χ4v) is 2.68. The number of hydrogen-bond acceptors (Lipinski definition) is 7. The summed E-state index contributed by atoms with van der Waals surface area (Å²) < 4.78 is 15.6. The van der Waals surface area contributed by atoms with E-state index in [0.29, 0.717) is 27.6 Å². The van der Waals surface area contributed by atoms with Gasteiger partial charge in [-0.15, -0.1) is 0 Å². The van der Waals surface area contributed by atoms with Gasteiger partial charge in [-0.3, -0.25) is 10.1 Å². The van der Waals surface area contributed by atoms with Gasteiger partial charge in [0.2, 0.25) is 12.7 Å². The van der Waals surface area contributed by atoms with Crippen molar-refractivity contribution in [2.45, 2.75) is 0 Å². The van der Waals surface area contributed by atoms with Crippen molar-refractivity contribution in [3.63, 3.8) is 0 Å². The fourth-order valence-electron chi connectivity index (χ4n) is 2.48. The van der Waals surface area contributed by atoms with Gasteiger partial charge in [0.15, 0.2) is 17.2 Å². The topological polar surface area (TPSA) is 100 Å². The van der Waals surface area contributed by atoms with Crippen molar-refractivity contribution < 1.29 is 23.9 Å². The van der Waals surface area contributed by atoms with E-state index >= 15 is 0 Å². The lowest BCUT2D eigenvalue weighted by atomic mass is 10.1. The molecule has 2 aliphatic heterocycles. The summed E-state index contributed by atoms with van der Waals surface area (Å²) >= 11 is 6.19. The molecule has 0 saturated carbocycles. The molecule has 0 unspecified atom stereocenters. The second-order valence-electron chi connectivity index (χ2n) is 5.37. The summed E-state index contributed by atoms with van der Waals surface area (Å²) in [5, 5.41) is 11.2. The van der Waals surface area contributed by atoms with Gasteiger partial charge in [0, 0.05) is 23.8 Å². The zero-order valence-electron chi connectivity index (χ0n) is 13.0. The molecule has 2 heterocycles. The smallest absolute Gasteiger partial charge is 0.363 e. The van der Waals surface area contributed by atoms with Crippen LogP contribution in [-0.2, 0) is 9.53 Å². The summed E-state index contributed by atoms with van der Waals surface area (Å²) in [6.07, 6.45) is 1.46.